The number of anilines is 1. The van der Waals surface area contributed by atoms with Crippen LogP contribution in [0.4, 0.5) is 5.69 Å². The van der Waals surface area contributed by atoms with Crippen LogP contribution in [0.2, 0.25) is 0 Å². The number of hydrogen-bond acceptors (Lipinski definition) is 6. The first-order valence-electron chi connectivity index (χ1n) is 11.2. The van der Waals surface area contributed by atoms with Crippen LogP contribution in [0.1, 0.15) is 18.4 Å². The molecule has 9 nitrogen and oxygen atoms in total. The summed E-state index contributed by atoms with van der Waals surface area (Å²) in [6.45, 7) is 3.72. The van der Waals surface area contributed by atoms with Crippen LogP contribution >= 0.6 is 0 Å². The zero-order valence-electron chi connectivity index (χ0n) is 19.0. The first-order valence-corrected chi connectivity index (χ1v) is 14.1. The Morgan fingerprint density at radius 3 is 2.03 bits per heavy atom. The van der Waals surface area contributed by atoms with Gasteiger partial charge in [-0.3, -0.25) is 4.79 Å². The summed E-state index contributed by atoms with van der Waals surface area (Å²) in [7, 11) is -7.29. The molecule has 1 N–H and O–H groups in total. The molecule has 4 rings (SSSR count). The summed E-state index contributed by atoms with van der Waals surface area (Å²) in [5.41, 5.74) is 1.43. The van der Waals surface area contributed by atoms with Crippen molar-refractivity contribution in [3.05, 3.63) is 54.1 Å². The molecular formula is C23H29N3O6S2. The van der Waals surface area contributed by atoms with Crippen molar-refractivity contribution >= 4 is 31.6 Å². The van der Waals surface area contributed by atoms with Crippen molar-refractivity contribution in [2.45, 2.75) is 29.6 Å². The van der Waals surface area contributed by atoms with Crippen LogP contribution in [0, 0.1) is 12.8 Å². The van der Waals surface area contributed by atoms with Crippen molar-refractivity contribution < 1.29 is 26.4 Å². The smallest absolute Gasteiger partial charge is 0.243 e. The molecule has 0 unspecified atom stereocenters. The number of nitrogens with one attached hydrogen (secondary N) is 1. The molecule has 0 bridgehead atoms. The minimum atomic E-state index is -3.68. The van der Waals surface area contributed by atoms with Gasteiger partial charge in [-0.05, 0) is 56.2 Å². The lowest BCUT2D eigenvalue weighted by molar-refractivity contribution is -0.120. The molecule has 2 aliphatic rings. The summed E-state index contributed by atoms with van der Waals surface area (Å²) in [5, 5.41) is 2.80. The number of rotatable bonds is 6. The number of piperidine rings is 1. The minimum Gasteiger partial charge on any atom is -0.379 e. The van der Waals surface area contributed by atoms with Crippen LogP contribution in [0.25, 0.3) is 0 Å². The minimum absolute atomic E-state index is 0.103. The highest BCUT2D eigenvalue weighted by molar-refractivity contribution is 7.89. The number of sulfonamides is 2. The second kappa shape index (κ2) is 10.1. The highest BCUT2D eigenvalue weighted by Crippen LogP contribution is 2.26. The average Bonchev–Trinajstić information content (AvgIpc) is 2.85. The Hall–Kier alpha value is -2.31. The number of aryl methyl sites for hydroxylation is 1. The van der Waals surface area contributed by atoms with Gasteiger partial charge in [0.15, 0.2) is 0 Å². The number of carbonyl (C=O) groups is 1. The molecule has 2 aromatic rings. The molecule has 0 saturated carbocycles. The van der Waals surface area contributed by atoms with E-state index in [0.717, 1.165) is 5.56 Å². The van der Waals surface area contributed by atoms with Gasteiger partial charge in [0.05, 0.1) is 28.9 Å². The fraction of sp³-hybridized carbons (Fsp3) is 0.435. The number of morpholine rings is 1. The number of amides is 1. The van der Waals surface area contributed by atoms with E-state index in [2.05, 4.69) is 5.32 Å². The lowest BCUT2D eigenvalue weighted by atomic mass is 9.99. The Labute approximate surface area is 200 Å². The Morgan fingerprint density at radius 1 is 0.853 bits per heavy atom. The molecule has 2 fully saturated rings. The van der Waals surface area contributed by atoms with E-state index in [1.165, 1.54) is 20.7 Å². The summed E-state index contributed by atoms with van der Waals surface area (Å²) in [6.07, 6.45) is 1.16. The maximum Gasteiger partial charge on any atom is 0.243 e. The van der Waals surface area contributed by atoms with Crippen molar-refractivity contribution in [1.82, 2.24) is 8.61 Å². The molecule has 1 atom stereocenters. The van der Waals surface area contributed by atoms with Crippen LogP contribution in [-0.2, 0) is 29.6 Å². The van der Waals surface area contributed by atoms with Crippen LogP contribution in [-0.4, -0.2) is 70.7 Å². The molecule has 0 radical (unpaired) electrons. The molecule has 0 aliphatic carbocycles. The quantitative estimate of drug-likeness (QED) is 0.640. The van der Waals surface area contributed by atoms with Crippen LogP contribution < -0.4 is 5.32 Å². The lowest BCUT2D eigenvalue weighted by Gasteiger charge is -2.31. The predicted molar refractivity (Wildman–Crippen MR) is 127 cm³/mol. The second-order valence-electron chi connectivity index (χ2n) is 8.55. The largest absolute Gasteiger partial charge is 0.379 e. The van der Waals surface area contributed by atoms with E-state index in [0.29, 0.717) is 51.4 Å². The first kappa shape index (κ1) is 24.8. The standard InChI is InChI=1S/C23H29N3O6S2/c1-18-4-8-21(9-5-18)34(30,31)26-12-2-3-19(17-26)23(27)24-20-6-10-22(11-7-20)33(28,29)25-13-15-32-16-14-25/h4-11,19H,2-3,12-17H2,1H3,(H,24,27)/t19-/m1/s1. The molecule has 2 saturated heterocycles. The van der Waals surface area contributed by atoms with E-state index < -0.39 is 26.0 Å². The zero-order chi connectivity index (χ0) is 24.3. The van der Waals surface area contributed by atoms with Crippen molar-refractivity contribution in [3.63, 3.8) is 0 Å². The highest BCUT2D eigenvalue weighted by atomic mass is 32.2. The van der Waals surface area contributed by atoms with Crippen molar-refractivity contribution in [1.29, 1.82) is 0 Å². The highest BCUT2D eigenvalue weighted by Gasteiger charge is 2.33. The Balaban J connectivity index is 1.41. The topological polar surface area (TPSA) is 113 Å². The Kier molecular flexibility index (Phi) is 7.39. The summed E-state index contributed by atoms with van der Waals surface area (Å²) >= 11 is 0. The third-order valence-electron chi connectivity index (χ3n) is 6.14. The monoisotopic (exact) mass is 507 g/mol. The van der Waals surface area contributed by atoms with Gasteiger partial charge in [-0.1, -0.05) is 17.7 Å². The van der Waals surface area contributed by atoms with E-state index in [1.54, 1.807) is 36.4 Å². The van der Waals surface area contributed by atoms with E-state index in [9.17, 15) is 21.6 Å². The molecule has 2 aliphatic heterocycles. The van der Waals surface area contributed by atoms with Gasteiger partial charge in [-0.15, -0.1) is 0 Å². The summed E-state index contributed by atoms with van der Waals surface area (Å²) in [5.74, 6) is -0.779. The average molecular weight is 508 g/mol. The van der Waals surface area contributed by atoms with Crippen LogP contribution in [0.5, 0.6) is 0 Å². The maximum absolute atomic E-state index is 13.0. The van der Waals surface area contributed by atoms with Gasteiger partial charge in [-0.2, -0.15) is 8.61 Å². The van der Waals surface area contributed by atoms with Crippen LogP contribution in [0.15, 0.2) is 58.3 Å². The lowest BCUT2D eigenvalue weighted by Crippen LogP contribution is -2.43. The SMILES string of the molecule is Cc1ccc(S(=O)(=O)N2CCC[C@@H](C(=O)Nc3ccc(S(=O)(=O)N4CCOCC4)cc3)C2)cc1. The zero-order valence-corrected chi connectivity index (χ0v) is 20.6. The number of carbonyl (C=O) groups excluding carboxylic acids is 1. The molecule has 11 heteroatoms. The fourth-order valence-electron chi connectivity index (χ4n) is 4.12. The normalized spacial score (nSPS) is 20.7. The van der Waals surface area contributed by atoms with Gasteiger partial charge in [0, 0.05) is 31.9 Å². The molecule has 2 heterocycles. The molecule has 0 aromatic heterocycles. The van der Waals surface area contributed by atoms with Gasteiger partial charge in [0.2, 0.25) is 26.0 Å². The summed E-state index contributed by atoms with van der Waals surface area (Å²) in [6, 6.07) is 12.7. The van der Waals surface area contributed by atoms with E-state index >= 15 is 0 Å². The third kappa shape index (κ3) is 5.33. The number of ether oxygens (including phenoxy) is 1. The number of nitrogens with zero attached hydrogens (tertiary/aromatic N) is 2. The van der Waals surface area contributed by atoms with Gasteiger partial charge >= 0.3 is 0 Å². The molecule has 1 amide bonds. The van der Waals surface area contributed by atoms with E-state index in [-0.39, 0.29) is 22.2 Å². The molecule has 0 spiro atoms. The van der Waals surface area contributed by atoms with Crippen molar-refractivity contribution in [2.75, 3.05) is 44.7 Å². The van der Waals surface area contributed by atoms with Gasteiger partial charge in [0.25, 0.3) is 0 Å². The predicted octanol–water partition coefficient (Wildman–Crippen LogP) is 2.06. The van der Waals surface area contributed by atoms with Gasteiger partial charge < -0.3 is 10.1 Å². The Morgan fingerprint density at radius 2 is 1.41 bits per heavy atom. The Bertz CT molecular complexity index is 1220. The van der Waals surface area contributed by atoms with Gasteiger partial charge in [0.1, 0.15) is 0 Å². The van der Waals surface area contributed by atoms with Gasteiger partial charge in [-0.25, -0.2) is 16.8 Å². The molecular weight excluding hydrogens is 478 g/mol. The second-order valence-corrected chi connectivity index (χ2v) is 12.4. The fourth-order valence-corrected chi connectivity index (χ4v) is 7.06. The van der Waals surface area contributed by atoms with Crippen molar-refractivity contribution in [2.24, 2.45) is 5.92 Å². The molecule has 2 aromatic carbocycles. The number of hydrogen-bond donors (Lipinski definition) is 1. The van der Waals surface area contributed by atoms with E-state index in [4.69, 9.17) is 4.74 Å². The van der Waals surface area contributed by atoms with Crippen LogP contribution in [0.3, 0.4) is 0 Å². The summed E-state index contributed by atoms with van der Waals surface area (Å²) < 4.78 is 59.5. The third-order valence-corrected chi connectivity index (χ3v) is 9.94. The summed E-state index contributed by atoms with van der Waals surface area (Å²) in [4.78, 5) is 13.2. The van der Waals surface area contributed by atoms with E-state index in [1.807, 2.05) is 6.92 Å². The molecule has 34 heavy (non-hydrogen) atoms. The molecule has 184 valence electrons. The van der Waals surface area contributed by atoms with Crippen molar-refractivity contribution in [3.8, 4) is 0 Å². The maximum atomic E-state index is 13.0. The number of benzene rings is 2. The first-order chi connectivity index (χ1) is 16.2.